The molecule has 0 nitrogen and oxygen atoms in total. The molecule has 0 saturated heterocycles. The summed E-state index contributed by atoms with van der Waals surface area (Å²) in [5.41, 5.74) is 2.39. The van der Waals surface area contributed by atoms with Crippen molar-refractivity contribution in [1.82, 2.24) is 0 Å². The first-order valence-corrected chi connectivity index (χ1v) is 7.12. The fourth-order valence-corrected chi connectivity index (χ4v) is 2.17. The van der Waals surface area contributed by atoms with Crippen LogP contribution in [0.3, 0.4) is 0 Å². The molecule has 0 heteroatoms. The van der Waals surface area contributed by atoms with E-state index in [9.17, 15) is 0 Å². The molecule has 2 rings (SSSR count). The second-order valence-corrected chi connectivity index (χ2v) is 4.82. The van der Waals surface area contributed by atoms with Crippen molar-refractivity contribution in [1.29, 1.82) is 0 Å². The van der Waals surface area contributed by atoms with E-state index in [1.54, 1.807) is 0 Å². The highest BCUT2D eigenvalue weighted by Gasteiger charge is 2.07. The fourth-order valence-electron chi connectivity index (χ4n) is 2.17. The van der Waals surface area contributed by atoms with Crippen molar-refractivity contribution in [2.75, 3.05) is 0 Å². The summed E-state index contributed by atoms with van der Waals surface area (Å²) < 4.78 is 0. The van der Waals surface area contributed by atoms with Gasteiger partial charge in [0.1, 0.15) is 0 Å². The summed E-state index contributed by atoms with van der Waals surface area (Å²) in [5, 5.41) is 0. The van der Waals surface area contributed by atoms with Crippen molar-refractivity contribution in [3.8, 4) is 11.8 Å². The molecule has 100 valence electrons. The van der Waals surface area contributed by atoms with E-state index in [0.717, 1.165) is 24.8 Å². The Hall–Kier alpha value is -2.26. The zero-order chi connectivity index (χ0) is 14.0. The minimum Gasteiger partial charge on any atom is -0.103 e. The SMILES string of the molecule is C=CCCC[C@@H](C#Cc1ccccc1)c1ccccc1. The van der Waals surface area contributed by atoms with E-state index in [0.29, 0.717) is 5.92 Å². The zero-order valence-corrected chi connectivity index (χ0v) is 11.8. The van der Waals surface area contributed by atoms with Crippen LogP contribution in [0.2, 0.25) is 0 Å². The topological polar surface area (TPSA) is 0 Å². The summed E-state index contributed by atoms with van der Waals surface area (Å²) in [7, 11) is 0. The van der Waals surface area contributed by atoms with E-state index >= 15 is 0 Å². The van der Waals surface area contributed by atoms with Crippen LogP contribution >= 0.6 is 0 Å². The lowest BCUT2D eigenvalue weighted by Gasteiger charge is -2.10. The second kappa shape index (κ2) is 8.02. The average Bonchev–Trinajstić information content (AvgIpc) is 2.52. The van der Waals surface area contributed by atoms with Gasteiger partial charge in [-0.15, -0.1) is 6.58 Å². The molecular weight excluding hydrogens is 240 g/mol. The number of benzene rings is 2. The summed E-state index contributed by atoms with van der Waals surface area (Å²) in [5.74, 6) is 7.02. The average molecular weight is 260 g/mol. The molecule has 20 heavy (non-hydrogen) atoms. The lowest BCUT2D eigenvalue weighted by Crippen LogP contribution is -1.96. The molecule has 0 N–H and O–H groups in total. The van der Waals surface area contributed by atoms with Crippen LogP contribution in [-0.4, -0.2) is 0 Å². The summed E-state index contributed by atoms with van der Waals surface area (Å²) in [6.07, 6.45) is 5.24. The first kappa shape index (κ1) is 14.2. The lowest BCUT2D eigenvalue weighted by molar-refractivity contribution is 0.699. The van der Waals surface area contributed by atoms with E-state index in [1.807, 2.05) is 24.3 Å². The number of rotatable bonds is 5. The zero-order valence-electron chi connectivity index (χ0n) is 11.8. The lowest BCUT2D eigenvalue weighted by atomic mass is 9.93. The molecule has 0 saturated carbocycles. The van der Waals surface area contributed by atoms with Crippen LogP contribution in [0.4, 0.5) is 0 Å². The van der Waals surface area contributed by atoms with Crippen molar-refractivity contribution in [2.24, 2.45) is 0 Å². The number of hydrogen-bond donors (Lipinski definition) is 0. The minimum atomic E-state index is 0.302. The van der Waals surface area contributed by atoms with Crippen molar-refractivity contribution < 1.29 is 0 Å². The minimum absolute atomic E-state index is 0.302. The molecule has 1 atom stereocenters. The second-order valence-electron chi connectivity index (χ2n) is 4.82. The van der Waals surface area contributed by atoms with Crippen LogP contribution in [0.15, 0.2) is 73.3 Å². The Bertz CT molecular complexity index is 570. The van der Waals surface area contributed by atoms with Crippen molar-refractivity contribution >= 4 is 0 Å². The van der Waals surface area contributed by atoms with Crippen LogP contribution in [0, 0.1) is 11.8 Å². The highest BCUT2D eigenvalue weighted by molar-refractivity contribution is 5.37. The predicted molar refractivity (Wildman–Crippen MR) is 86.6 cm³/mol. The Balaban J connectivity index is 2.15. The van der Waals surface area contributed by atoms with Crippen molar-refractivity contribution in [2.45, 2.75) is 25.2 Å². The van der Waals surface area contributed by atoms with Gasteiger partial charge in [0.2, 0.25) is 0 Å². The number of unbranched alkanes of at least 4 members (excludes halogenated alkanes) is 1. The summed E-state index contributed by atoms with van der Waals surface area (Å²) in [6.45, 7) is 3.79. The van der Waals surface area contributed by atoms with Gasteiger partial charge in [-0.05, 0) is 37.0 Å². The van der Waals surface area contributed by atoms with Gasteiger partial charge in [-0.2, -0.15) is 0 Å². The Labute approximate surface area is 122 Å². The first-order valence-electron chi connectivity index (χ1n) is 7.12. The van der Waals surface area contributed by atoms with Gasteiger partial charge in [0.25, 0.3) is 0 Å². The maximum Gasteiger partial charge on any atom is 0.0456 e. The maximum atomic E-state index is 3.79. The molecular formula is C20H20. The normalized spacial score (nSPS) is 11.2. The standard InChI is InChI=1S/C20H20/c1-2-3-6-13-20(19-14-9-5-10-15-19)17-16-18-11-7-4-8-12-18/h2,4-5,7-12,14-15,20H,1,3,6,13H2/t20-/m0/s1. The number of allylic oxidation sites excluding steroid dienone is 1. The van der Waals surface area contributed by atoms with Gasteiger partial charge in [-0.25, -0.2) is 0 Å². The van der Waals surface area contributed by atoms with Crippen LogP contribution in [0.5, 0.6) is 0 Å². The van der Waals surface area contributed by atoms with Gasteiger partial charge in [0.15, 0.2) is 0 Å². The first-order chi connectivity index (χ1) is 9.90. The third-order valence-electron chi connectivity index (χ3n) is 3.27. The molecule has 0 fully saturated rings. The molecule has 0 bridgehead atoms. The molecule has 0 aliphatic heterocycles. The Morgan fingerprint density at radius 1 is 0.950 bits per heavy atom. The quantitative estimate of drug-likeness (QED) is 0.395. The summed E-state index contributed by atoms with van der Waals surface area (Å²) in [6, 6.07) is 20.7. The Kier molecular flexibility index (Phi) is 5.68. The molecule has 0 radical (unpaired) electrons. The molecule has 0 aromatic heterocycles. The summed E-state index contributed by atoms with van der Waals surface area (Å²) >= 11 is 0. The van der Waals surface area contributed by atoms with Gasteiger partial charge in [0, 0.05) is 11.5 Å². The van der Waals surface area contributed by atoms with Crippen molar-refractivity contribution in [3.63, 3.8) is 0 Å². The molecule has 0 amide bonds. The van der Waals surface area contributed by atoms with E-state index in [-0.39, 0.29) is 0 Å². The van der Waals surface area contributed by atoms with Gasteiger partial charge >= 0.3 is 0 Å². The van der Waals surface area contributed by atoms with Crippen LogP contribution in [0.25, 0.3) is 0 Å². The molecule has 0 spiro atoms. The smallest absolute Gasteiger partial charge is 0.0456 e. The van der Waals surface area contributed by atoms with Gasteiger partial charge in [-0.1, -0.05) is 66.4 Å². The van der Waals surface area contributed by atoms with Gasteiger partial charge in [0.05, 0.1) is 0 Å². The Morgan fingerprint density at radius 3 is 2.25 bits per heavy atom. The molecule has 0 heterocycles. The predicted octanol–water partition coefficient (Wildman–Crippen LogP) is 5.18. The molecule has 2 aromatic carbocycles. The highest BCUT2D eigenvalue weighted by Crippen LogP contribution is 2.21. The van der Waals surface area contributed by atoms with E-state index in [1.165, 1.54) is 5.56 Å². The third kappa shape index (κ3) is 4.44. The molecule has 2 aromatic rings. The third-order valence-corrected chi connectivity index (χ3v) is 3.27. The van der Waals surface area contributed by atoms with Crippen LogP contribution < -0.4 is 0 Å². The van der Waals surface area contributed by atoms with Crippen molar-refractivity contribution in [3.05, 3.63) is 84.4 Å². The molecule has 0 unspecified atom stereocenters. The van der Waals surface area contributed by atoms with Crippen LogP contribution in [-0.2, 0) is 0 Å². The monoisotopic (exact) mass is 260 g/mol. The van der Waals surface area contributed by atoms with E-state index in [4.69, 9.17) is 0 Å². The maximum absolute atomic E-state index is 3.79. The number of hydrogen-bond acceptors (Lipinski definition) is 0. The highest BCUT2D eigenvalue weighted by atomic mass is 14.1. The molecule has 0 aliphatic rings. The van der Waals surface area contributed by atoms with E-state index in [2.05, 4.69) is 60.9 Å². The largest absolute Gasteiger partial charge is 0.103 e. The Morgan fingerprint density at radius 2 is 1.60 bits per heavy atom. The fraction of sp³-hybridized carbons (Fsp3) is 0.200. The summed E-state index contributed by atoms with van der Waals surface area (Å²) in [4.78, 5) is 0. The molecule has 0 aliphatic carbocycles. The van der Waals surface area contributed by atoms with Crippen LogP contribution in [0.1, 0.15) is 36.3 Å². The van der Waals surface area contributed by atoms with E-state index < -0.39 is 0 Å². The van der Waals surface area contributed by atoms with Gasteiger partial charge in [-0.3, -0.25) is 0 Å². The van der Waals surface area contributed by atoms with Gasteiger partial charge < -0.3 is 0 Å².